The Hall–Kier alpha value is -0.580. The van der Waals surface area contributed by atoms with E-state index in [0.717, 1.165) is 25.3 Å². The fraction of sp³-hybridized carbons (Fsp3) is 0.750. The van der Waals surface area contributed by atoms with E-state index >= 15 is 0 Å². The number of aromatic nitrogens is 2. The molecule has 0 aliphatic carbocycles. The van der Waals surface area contributed by atoms with Crippen molar-refractivity contribution in [3.05, 3.63) is 18.2 Å². The van der Waals surface area contributed by atoms with Gasteiger partial charge in [-0.2, -0.15) is 0 Å². The summed E-state index contributed by atoms with van der Waals surface area (Å²) in [5, 5.41) is 0. The third kappa shape index (κ3) is 3.69. The summed E-state index contributed by atoms with van der Waals surface area (Å²) >= 11 is 0. The molecule has 2 rings (SSSR count). The third-order valence-electron chi connectivity index (χ3n) is 3.51. The van der Waals surface area contributed by atoms with Crippen LogP contribution in [-0.4, -0.2) is 33.6 Å². The van der Waals surface area contributed by atoms with Crippen molar-refractivity contribution in [2.45, 2.75) is 38.3 Å². The Morgan fingerprint density at radius 3 is 2.94 bits per heavy atom. The minimum absolute atomic E-state index is 0. The lowest BCUT2D eigenvalue weighted by molar-refractivity contribution is 0.129. The van der Waals surface area contributed by atoms with Crippen molar-refractivity contribution in [1.82, 2.24) is 14.5 Å². The quantitative estimate of drug-likeness (QED) is 0.891. The van der Waals surface area contributed by atoms with E-state index in [9.17, 15) is 0 Å². The van der Waals surface area contributed by atoms with E-state index in [2.05, 4.69) is 21.5 Å². The lowest BCUT2D eigenvalue weighted by atomic mass is 9.99. The molecule has 17 heavy (non-hydrogen) atoms. The van der Waals surface area contributed by atoms with Crippen molar-refractivity contribution in [2.75, 3.05) is 13.1 Å². The largest absolute Gasteiger partial charge is 0.337 e. The molecule has 1 aromatic heterocycles. The smallest absolute Gasteiger partial charge is 0.122 e. The molecule has 1 aromatic rings. The van der Waals surface area contributed by atoms with Crippen LogP contribution in [0, 0.1) is 0 Å². The summed E-state index contributed by atoms with van der Waals surface area (Å²) in [7, 11) is 2.06. The number of piperidine rings is 1. The number of likely N-dealkylation sites (tertiary alicyclic amines) is 1. The highest BCUT2D eigenvalue weighted by molar-refractivity contribution is 5.85. The first kappa shape index (κ1) is 14.5. The standard InChI is InChI=1S/C12H22N4.ClH/c1-15-9-7-14-12(15)10-16-8-3-2-4-11(16)5-6-13;/h7,9,11H,2-6,8,10,13H2,1H3;1H. The van der Waals surface area contributed by atoms with Crippen LogP contribution in [0.5, 0.6) is 0 Å². The molecule has 5 heteroatoms. The zero-order chi connectivity index (χ0) is 11.4. The van der Waals surface area contributed by atoms with Crippen LogP contribution in [0.15, 0.2) is 12.4 Å². The summed E-state index contributed by atoms with van der Waals surface area (Å²) in [5.74, 6) is 1.16. The molecule has 1 saturated heterocycles. The average Bonchev–Trinajstić information content (AvgIpc) is 2.68. The lowest BCUT2D eigenvalue weighted by Gasteiger charge is -2.35. The summed E-state index contributed by atoms with van der Waals surface area (Å²) in [6.07, 6.45) is 8.95. The van der Waals surface area contributed by atoms with Crippen LogP contribution in [0.2, 0.25) is 0 Å². The molecule has 0 radical (unpaired) electrons. The van der Waals surface area contributed by atoms with Crippen LogP contribution in [0.25, 0.3) is 0 Å². The minimum Gasteiger partial charge on any atom is -0.337 e. The molecule has 98 valence electrons. The number of nitrogens with zero attached hydrogens (tertiary/aromatic N) is 3. The van der Waals surface area contributed by atoms with Gasteiger partial charge in [-0.1, -0.05) is 6.42 Å². The van der Waals surface area contributed by atoms with Crippen molar-refractivity contribution >= 4 is 12.4 Å². The van der Waals surface area contributed by atoms with Gasteiger partial charge in [-0.05, 0) is 32.4 Å². The summed E-state index contributed by atoms with van der Waals surface area (Å²) in [5.41, 5.74) is 5.68. The van der Waals surface area contributed by atoms with Gasteiger partial charge in [0, 0.05) is 25.5 Å². The molecule has 4 nitrogen and oxygen atoms in total. The maximum atomic E-state index is 5.68. The van der Waals surface area contributed by atoms with Crippen molar-refractivity contribution in [1.29, 1.82) is 0 Å². The number of hydrogen-bond donors (Lipinski definition) is 1. The Bertz CT molecular complexity index is 324. The molecule has 1 aliphatic rings. The minimum atomic E-state index is 0. The molecule has 0 bridgehead atoms. The van der Waals surface area contributed by atoms with E-state index in [-0.39, 0.29) is 12.4 Å². The molecular weight excluding hydrogens is 236 g/mol. The van der Waals surface area contributed by atoms with E-state index in [1.165, 1.54) is 25.8 Å². The molecule has 1 atom stereocenters. The number of halogens is 1. The van der Waals surface area contributed by atoms with Crippen LogP contribution in [-0.2, 0) is 13.6 Å². The summed E-state index contributed by atoms with van der Waals surface area (Å²) in [6, 6.07) is 0.662. The summed E-state index contributed by atoms with van der Waals surface area (Å²) in [6.45, 7) is 2.95. The molecule has 2 N–H and O–H groups in total. The number of aryl methyl sites for hydroxylation is 1. The van der Waals surface area contributed by atoms with Gasteiger partial charge in [-0.3, -0.25) is 4.90 Å². The van der Waals surface area contributed by atoms with Crippen LogP contribution in [0.3, 0.4) is 0 Å². The first-order valence-corrected chi connectivity index (χ1v) is 6.21. The molecule has 1 fully saturated rings. The van der Waals surface area contributed by atoms with Crippen molar-refractivity contribution < 1.29 is 0 Å². The van der Waals surface area contributed by atoms with Gasteiger partial charge in [0.2, 0.25) is 0 Å². The van der Waals surface area contributed by atoms with Crippen LogP contribution in [0.1, 0.15) is 31.5 Å². The van der Waals surface area contributed by atoms with Crippen molar-refractivity contribution in [3.63, 3.8) is 0 Å². The Balaban J connectivity index is 0.00000144. The van der Waals surface area contributed by atoms with Crippen LogP contribution < -0.4 is 5.73 Å². The highest BCUT2D eigenvalue weighted by Gasteiger charge is 2.22. The number of imidazole rings is 1. The van der Waals surface area contributed by atoms with Crippen molar-refractivity contribution in [3.8, 4) is 0 Å². The first-order chi connectivity index (χ1) is 7.81. The highest BCUT2D eigenvalue weighted by Crippen LogP contribution is 2.20. The molecule has 0 spiro atoms. The Labute approximate surface area is 110 Å². The van der Waals surface area contributed by atoms with Gasteiger partial charge in [0.25, 0.3) is 0 Å². The van der Waals surface area contributed by atoms with Crippen LogP contribution in [0.4, 0.5) is 0 Å². The van der Waals surface area contributed by atoms with Gasteiger partial charge in [-0.15, -0.1) is 12.4 Å². The van der Waals surface area contributed by atoms with Gasteiger partial charge in [0.15, 0.2) is 0 Å². The second-order valence-electron chi connectivity index (χ2n) is 4.65. The molecular formula is C12H23ClN4. The average molecular weight is 259 g/mol. The van der Waals surface area contributed by atoms with Crippen molar-refractivity contribution in [2.24, 2.45) is 12.8 Å². The second kappa shape index (κ2) is 6.99. The zero-order valence-electron chi connectivity index (χ0n) is 10.5. The van der Waals surface area contributed by atoms with Gasteiger partial charge in [-0.25, -0.2) is 4.98 Å². The fourth-order valence-electron chi connectivity index (χ4n) is 2.52. The topological polar surface area (TPSA) is 47.1 Å². The van der Waals surface area contributed by atoms with E-state index in [1.54, 1.807) is 0 Å². The molecule has 0 amide bonds. The molecule has 0 aromatic carbocycles. The first-order valence-electron chi connectivity index (χ1n) is 6.21. The summed E-state index contributed by atoms with van der Waals surface area (Å²) in [4.78, 5) is 6.93. The van der Waals surface area contributed by atoms with E-state index < -0.39 is 0 Å². The van der Waals surface area contributed by atoms with Gasteiger partial charge < -0.3 is 10.3 Å². The van der Waals surface area contributed by atoms with Gasteiger partial charge in [0.1, 0.15) is 5.82 Å². The normalized spacial score (nSPS) is 21.2. The predicted octanol–water partition coefficient (Wildman–Crippen LogP) is 1.55. The van der Waals surface area contributed by atoms with Gasteiger partial charge >= 0.3 is 0 Å². The van der Waals surface area contributed by atoms with E-state index in [1.807, 2.05) is 12.4 Å². The molecule has 2 heterocycles. The van der Waals surface area contributed by atoms with E-state index in [0.29, 0.717) is 6.04 Å². The number of rotatable bonds is 4. The monoisotopic (exact) mass is 258 g/mol. The molecule has 0 saturated carbocycles. The van der Waals surface area contributed by atoms with Gasteiger partial charge in [0.05, 0.1) is 6.54 Å². The maximum absolute atomic E-state index is 5.68. The number of nitrogens with two attached hydrogens (primary N) is 1. The molecule has 1 unspecified atom stereocenters. The summed E-state index contributed by atoms with van der Waals surface area (Å²) < 4.78 is 2.11. The Morgan fingerprint density at radius 1 is 1.47 bits per heavy atom. The van der Waals surface area contributed by atoms with Crippen LogP contribution >= 0.6 is 12.4 Å². The number of hydrogen-bond acceptors (Lipinski definition) is 3. The molecule has 1 aliphatic heterocycles. The second-order valence-corrected chi connectivity index (χ2v) is 4.65. The lowest BCUT2D eigenvalue weighted by Crippen LogP contribution is -2.40. The maximum Gasteiger partial charge on any atom is 0.122 e. The fourth-order valence-corrected chi connectivity index (χ4v) is 2.52. The zero-order valence-corrected chi connectivity index (χ0v) is 11.3. The third-order valence-corrected chi connectivity index (χ3v) is 3.51. The Morgan fingerprint density at radius 2 is 2.29 bits per heavy atom. The highest BCUT2D eigenvalue weighted by atomic mass is 35.5. The van der Waals surface area contributed by atoms with E-state index in [4.69, 9.17) is 5.73 Å². The SMILES string of the molecule is Cl.Cn1ccnc1CN1CCCCC1CCN. The Kier molecular flexibility index (Phi) is 5.95. The predicted molar refractivity (Wildman–Crippen MR) is 72.2 cm³/mol.